The number of carbonyl (C=O) groups is 1. The van der Waals surface area contributed by atoms with Gasteiger partial charge in [0.25, 0.3) is 0 Å². The van der Waals surface area contributed by atoms with Crippen molar-refractivity contribution in [3.63, 3.8) is 0 Å². The van der Waals surface area contributed by atoms with Crippen molar-refractivity contribution in [2.24, 2.45) is 0 Å². The monoisotopic (exact) mass is 378 g/mol. The van der Waals surface area contributed by atoms with E-state index in [0.717, 1.165) is 25.7 Å². The van der Waals surface area contributed by atoms with Gasteiger partial charge in [-0.1, -0.05) is 84.0 Å². The fraction of sp³-hybridized carbons (Fsp3) is 0.792. The van der Waals surface area contributed by atoms with Crippen molar-refractivity contribution >= 4 is 5.97 Å². The van der Waals surface area contributed by atoms with Gasteiger partial charge in [0, 0.05) is 19.3 Å². The summed E-state index contributed by atoms with van der Waals surface area (Å²) in [5.41, 5.74) is 0. The molecule has 3 nitrogen and oxygen atoms in total. The molecule has 27 heavy (non-hydrogen) atoms. The number of aryl methyl sites for hydroxylation is 2. The van der Waals surface area contributed by atoms with E-state index in [1.54, 1.807) is 0 Å². The number of unbranched alkanes of at least 4 members (excludes halogenated alkanes) is 13. The lowest BCUT2D eigenvalue weighted by atomic mass is 10.0. The molecule has 0 aliphatic heterocycles. The van der Waals surface area contributed by atoms with Gasteiger partial charge in [-0.25, -0.2) is 0 Å². The van der Waals surface area contributed by atoms with Crippen LogP contribution >= 0.6 is 0 Å². The summed E-state index contributed by atoms with van der Waals surface area (Å²) in [6, 6.07) is 4.34. The number of hydrogen-bond donors (Lipinski definition) is 1. The maximum absolute atomic E-state index is 10.4. The van der Waals surface area contributed by atoms with Crippen LogP contribution in [0.1, 0.15) is 121 Å². The minimum atomic E-state index is -0.664. The second-order valence-electron chi connectivity index (χ2n) is 7.96. The Bertz CT molecular complexity index is 464. The van der Waals surface area contributed by atoms with E-state index < -0.39 is 5.97 Å². The zero-order valence-electron chi connectivity index (χ0n) is 17.6. The molecule has 0 aliphatic carbocycles. The molecule has 3 heteroatoms. The van der Waals surface area contributed by atoms with Gasteiger partial charge < -0.3 is 9.52 Å². The van der Waals surface area contributed by atoms with Crippen LogP contribution in [0.5, 0.6) is 0 Å². The average molecular weight is 379 g/mol. The number of furan rings is 1. The van der Waals surface area contributed by atoms with Crippen molar-refractivity contribution in [3.8, 4) is 0 Å². The lowest BCUT2D eigenvalue weighted by molar-refractivity contribution is -0.137. The van der Waals surface area contributed by atoms with Gasteiger partial charge in [-0.05, 0) is 31.4 Å². The molecule has 1 heterocycles. The van der Waals surface area contributed by atoms with Crippen molar-refractivity contribution in [3.05, 3.63) is 23.7 Å². The summed E-state index contributed by atoms with van der Waals surface area (Å²) in [7, 11) is 0. The second-order valence-corrected chi connectivity index (χ2v) is 7.96. The van der Waals surface area contributed by atoms with E-state index in [2.05, 4.69) is 19.1 Å². The SMILES string of the molecule is CCCCCCCc1ccc(CCCCCCCCCCCCC(=O)O)o1. The van der Waals surface area contributed by atoms with Gasteiger partial charge in [0.05, 0.1) is 0 Å². The molecule has 0 aliphatic rings. The maximum atomic E-state index is 10.4. The summed E-state index contributed by atoms with van der Waals surface area (Å²) in [5, 5.41) is 8.59. The van der Waals surface area contributed by atoms with Crippen LogP contribution in [0.4, 0.5) is 0 Å². The summed E-state index contributed by atoms with van der Waals surface area (Å²) >= 11 is 0. The number of rotatable bonds is 19. The quantitative estimate of drug-likeness (QED) is 0.251. The van der Waals surface area contributed by atoms with Crippen molar-refractivity contribution < 1.29 is 14.3 Å². The molecule has 0 bridgehead atoms. The molecule has 0 amide bonds. The fourth-order valence-electron chi connectivity index (χ4n) is 3.58. The molecule has 1 rings (SSSR count). The molecule has 0 aromatic carbocycles. The van der Waals surface area contributed by atoms with Gasteiger partial charge in [-0.3, -0.25) is 4.79 Å². The highest BCUT2D eigenvalue weighted by molar-refractivity contribution is 5.66. The van der Waals surface area contributed by atoms with Crippen LogP contribution in [0.25, 0.3) is 0 Å². The van der Waals surface area contributed by atoms with Crippen LogP contribution in [0.15, 0.2) is 16.5 Å². The largest absolute Gasteiger partial charge is 0.481 e. The molecule has 0 saturated carbocycles. The Morgan fingerprint density at radius 2 is 1.11 bits per heavy atom. The Balaban J connectivity index is 1.87. The predicted molar refractivity (Wildman–Crippen MR) is 113 cm³/mol. The summed E-state index contributed by atoms with van der Waals surface area (Å²) in [6.45, 7) is 2.26. The first-order chi connectivity index (χ1) is 13.2. The molecule has 0 spiro atoms. The van der Waals surface area contributed by atoms with Gasteiger partial charge >= 0.3 is 5.97 Å². The zero-order valence-corrected chi connectivity index (χ0v) is 17.6. The van der Waals surface area contributed by atoms with Gasteiger partial charge in [0.2, 0.25) is 0 Å². The summed E-state index contributed by atoms with van der Waals surface area (Å²) in [6.07, 6.45) is 21.3. The predicted octanol–water partition coefficient (Wildman–Crippen LogP) is 7.71. The fourth-order valence-corrected chi connectivity index (χ4v) is 3.58. The minimum Gasteiger partial charge on any atom is -0.481 e. The van der Waals surface area contributed by atoms with E-state index in [4.69, 9.17) is 9.52 Å². The van der Waals surface area contributed by atoms with Gasteiger partial charge in [-0.2, -0.15) is 0 Å². The molecule has 1 N–H and O–H groups in total. The van der Waals surface area contributed by atoms with E-state index in [1.807, 2.05) is 0 Å². The van der Waals surface area contributed by atoms with Gasteiger partial charge in [0.1, 0.15) is 11.5 Å². The second kappa shape index (κ2) is 16.9. The van der Waals surface area contributed by atoms with Crippen molar-refractivity contribution in [1.82, 2.24) is 0 Å². The topological polar surface area (TPSA) is 50.4 Å². The minimum absolute atomic E-state index is 0.329. The highest BCUT2D eigenvalue weighted by Gasteiger charge is 2.02. The molecule has 156 valence electrons. The van der Waals surface area contributed by atoms with E-state index in [1.165, 1.54) is 95.0 Å². The smallest absolute Gasteiger partial charge is 0.303 e. The van der Waals surface area contributed by atoms with Crippen LogP contribution in [-0.2, 0) is 17.6 Å². The van der Waals surface area contributed by atoms with Crippen molar-refractivity contribution in [1.29, 1.82) is 0 Å². The average Bonchev–Trinajstić information content (AvgIpc) is 3.10. The molecule has 0 radical (unpaired) electrons. The standard InChI is InChI=1S/C24H42O3/c1-2-3-4-11-14-17-22-20-21-23(27-22)18-15-12-9-7-5-6-8-10-13-16-19-24(25)26/h20-21H,2-19H2,1H3,(H,25,26). The normalized spacial score (nSPS) is 11.1. The molecular weight excluding hydrogens is 336 g/mol. The first kappa shape index (κ1) is 23.8. The maximum Gasteiger partial charge on any atom is 0.303 e. The summed E-state index contributed by atoms with van der Waals surface area (Å²) in [5.74, 6) is 1.67. The Morgan fingerprint density at radius 1 is 0.704 bits per heavy atom. The number of carboxylic acids is 1. The molecule has 1 aromatic heterocycles. The summed E-state index contributed by atoms with van der Waals surface area (Å²) in [4.78, 5) is 10.4. The third-order valence-electron chi connectivity index (χ3n) is 5.31. The Kier molecular flexibility index (Phi) is 14.9. The third kappa shape index (κ3) is 14.5. The van der Waals surface area contributed by atoms with Gasteiger partial charge in [-0.15, -0.1) is 0 Å². The van der Waals surface area contributed by atoms with E-state index in [9.17, 15) is 4.79 Å². The third-order valence-corrected chi connectivity index (χ3v) is 5.31. The van der Waals surface area contributed by atoms with E-state index >= 15 is 0 Å². The van der Waals surface area contributed by atoms with Crippen LogP contribution in [0.3, 0.4) is 0 Å². The van der Waals surface area contributed by atoms with Crippen LogP contribution < -0.4 is 0 Å². The van der Waals surface area contributed by atoms with E-state index in [0.29, 0.717) is 6.42 Å². The first-order valence-electron chi connectivity index (χ1n) is 11.5. The van der Waals surface area contributed by atoms with Crippen LogP contribution in [-0.4, -0.2) is 11.1 Å². The Hall–Kier alpha value is -1.25. The molecule has 0 fully saturated rings. The van der Waals surface area contributed by atoms with Gasteiger partial charge in [0.15, 0.2) is 0 Å². The number of aliphatic carboxylic acids is 1. The first-order valence-corrected chi connectivity index (χ1v) is 11.5. The van der Waals surface area contributed by atoms with Crippen LogP contribution in [0, 0.1) is 0 Å². The van der Waals surface area contributed by atoms with Crippen molar-refractivity contribution in [2.75, 3.05) is 0 Å². The molecule has 0 atom stereocenters. The van der Waals surface area contributed by atoms with Crippen molar-refractivity contribution in [2.45, 2.75) is 122 Å². The highest BCUT2D eigenvalue weighted by atomic mass is 16.4. The Morgan fingerprint density at radius 3 is 1.56 bits per heavy atom. The highest BCUT2D eigenvalue weighted by Crippen LogP contribution is 2.16. The zero-order chi connectivity index (χ0) is 19.6. The summed E-state index contributed by atoms with van der Waals surface area (Å²) < 4.78 is 5.96. The Labute approximate surface area is 166 Å². The lowest BCUT2D eigenvalue weighted by Crippen LogP contribution is -1.93. The lowest BCUT2D eigenvalue weighted by Gasteiger charge is -2.02. The van der Waals surface area contributed by atoms with Crippen LogP contribution in [0.2, 0.25) is 0 Å². The number of hydrogen-bond acceptors (Lipinski definition) is 2. The molecule has 0 unspecified atom stereocenters. The molecular formula is C24H42O3. The molecule has 1 aromatic rings. The number of carboxylic acid groups (broad SMARTS) is 1. The molecule has 0 saturated heterocycles. The van der Waals surface area contributed by atoms with E-state index in [-0.39, 0.29) is 0 Å².